The second-order valence-corrected chi connectivity index (χ2v) is 7.83. The quantitative estimate of drug-likeness (QED) is 0.690. The molecule has 0 fully saturated rings. The van der Waals surface area contributed by atoms with Crippen molar-refractivity contribution in [2.24, 2.45) is 0 Å². The molecule has 0 saturated heterocycles. The fourth-order valence-electron chi connectivity index (χ4n) is 2.36. The van der Waals surface area contributed by atoms with E-state index in [0.717, 1.165) is 4.47 Å². The van der Waals surface area contributed by atoms with Gasteiger partial charge in [0.25, 0.3) is 0 Å². The van der Waals surface area contributed by atoms with Crippen LogP contribution in [0.3, 0.4) is 0 Å². The van der Waals surface area contributed by atoms with E-state index in [1.54, 1.807) is 48.5 Å². The Balaban J connectivity index is 2.13. The highest BCUT2D eigenvalue weighted by Crippen LogP contribution is 2.39. The molecule has 2 aromatic carbocycles. The highest BCUT2D eigenvalue weighted by molar-refractivity contribution is 9.10. The zero-order chi connectivity index (χ0) is 16.6. The molecule has 0 radical (unpaired) electrons. The van der Waals surface area contributed by atoms with Crippen LogP contribution in [0.1, 0.15) is 17.2 Å². The third-order valence-electron chi connectivity index (χ3n) is 3.42. The number of ether oxygens (including phenoxy) is 1. The van der Waals surface area contributed by atoms with E-state index in [9.17, 15) is 8.42 Å². The van der Waals surface area contributed by atoms with Gasteiger partial charge in [-0.15, -0.1) is 0 Å². The maximum atomic E-state index is 12.5. The Kier molecular flexibility index (Phi) is 4.51. The van der Waals surface area contributed by atoms with Gasteiger partial charge in [-0.3, -0.25) is 0 Å². The molecule has 1 aliphatic heterocycles. The van der Waals surface area contributed by atoms with Crippen LogP contribution in [-0.4, -0.2) is 15.5 Å². The van der Waals surface area contributed by atoms with E-state index in [2.05, 4.69) is 15.9 Å². The molecule has 4 nitrogen and oxygen atoms in total. The van der Waals surface area contributed by atoms with Gasteiger partial charge >= 0.3 is 10.1 Å². The number of hydrogen-bond acceptors (Lipinski definition) is 4. The molecule has 1 atom stereocenters. The third-order valence-corrected chi connectivity index (χ3v) is 5.48. The fraction of sp³-hybridized carbons (Fsp3) is 0.125. The Bertz CT molecular complexity index is 875. The van der Waals surface area contributed by atoms with Crippen LogP contribution in [0.2, 0.25) is 5.02 Å². The van der Waals surface area contributed by atoms with Gasteiger partial charge in [-0.1, -0.05) is 39.7 Å². The number of methoxy groups -OCH3 is 1. The Morgan fingerprint density at radius 3 is 2.52 bits per heavy atom. The summed E-state index contributed by atoms with van der Waals surface area (Å²) in [6, 6.07) is 11.9. The minimum atomic E-state index is -3.93. The average molecular weight is 416 g/mol. The van der Waals surface area contributed by atoms with Crippen molar-refractivity contribution in [3.63, 3.8) is 0 Å². The monoisotopic (exact) mass is 414 g/mol. The number of fused-ring (bicyclic) bond motifs is 1. The molecule has 0 aromatic heterocycles. The minimum Gasteiger partial charge on any atom is -0.378 e. The molecule has 2 aromatic rings. The predicted octanol–water partition coefficient (Wildman–Crippen LogP) is 4.55. The third kappa shape index (κ3) is 3.30. The molecular formula is C16H12BrClO4S. The smallest absolute Gasteiger partial charge is 0.338 e. The Labute approximate surface area is 147 Å². The van der Waals surface area contributed by atoms with Crippen LogP contribution in [0.5, 0.6) is 5.75 Å². The number of rotatable bonds is 3. The summed E-state index contributed by atoms with van der Waals surface area (Å²) in [7, 11) is -2.48. The zero-order valence-corrected chi connectivity index (χ0v) is 15.2. The van der Waals surface area contributed by atoms with Crippen molar-refractivity contribution in [3.8, 4) is 5.75 Å². The van der Waals surface area contributed by atoms with E-state index in [1.165, 1.54) is 7.11 Å². The van der Waals surface area contributed by atoms with E-state index < -0.39 is 16.2 Å². The molecule has 7 heteroatoms. The Hall–Kier alpha value is -1.34. The van der Waals surface area contributed by atoms with Crippen molar-refractivity contribution < 1.29 is 17.3 Å². The first-order chi connectivity index (χ1) is 10.9. The normalized spacial score (nSPS) is 16.9. The molecule has 0 amide bonds. The summed E-state index contributed by atoms with van der Waals surface area (Å²) in [4.78, 5) is 0.0490. The lowest BCUT2D eigenvalue weighted by molar-refractivity contribution is 0.138. The second-order valence-electron chi connectivity index (χ2n) is 4.93. The summed E-state index contributed by atoms with van der Waals surface area (Å²) >= 11 is 9.25. The molecule has 23 heavy (non-hydrogen) atoms. The van der Waals surface area contributed by atoms with E-state index in [-0.39, 0.29) is 4.91 Å². The molecular weight excluding hydrogens is 404 g/mol. The summed E-state index contributed by atoms with van der Waals surface area (Å²) in [5.41, 5.74) is 1.34. The summed E-state index contributed by atoms with van der Waals surface area (Å²) < 4.78 is 36.4. The van der Waals surface area contributed by atoms with Crippen molar-refractivity contribution in [2.45, 2.75) is 6.10 Å². The standard InChI is InChI=1S/C16H12BrClO4S/c1-21-16(10-2-5-13(18)6-3-10)15-9-11-8-12(17)4-7-14(11)22-23(15,19)20/h2-9,16H,1H3. The van der Waals surface area contributed by atoms with E-state index in [1.807, 2.05) is 0 Å². The summed E-state index contributed by atoms with van der Waals surface area (Å²) in [5.74, 6) is 0.294. The molecule has 1 heterocycles. The van der Waals surface area contributed by atoms with Crippen molar-refractivity contribution >= 4 is 43.7 Å². The van der Waals surface area contributed by atoms with E-state index in [0.29, 0.717) is 21.9 Å². The second kappa shape index (κ2) is 6.28. The van der Waals surface area contributed by atoms with Gasteiger partial charge in [-0.2, -0.15) is 8.42 Å². The van der Waals surface area contributed by atoms with Gasteiger partial charge in [-0.05, 0) is 42.0 Å². The first-order valence-corrected chi connectivity index (χ1v) is 9.22. The van der Waals surface area contributed by atoms with Crippen LogP contribution in [-0.2, 0) is 14.9 Å². The summed E-state index contributed by atoms with van der Waals surface area (Å²) in [6.07, 6.45) is 0.797. The largest absolute Gasteiger partial charge is 0.378 e. The summed E-state index contributed by atoms with van der Waals surface area (Å²) in [6.45, 7) is 0. The molecule has 120 valence electrons. The highest BCUT2D eigenvalue weighted by Gasteiger charge is 2.33. The molecule has 0 spiro atoms. The molecule has 1 aliphatic rings. The van der Waals surface area contributed by atoms with Crippen LogP contribution in [0.15, 0.2) is 51.8 Å². The summed E-state index contributed by atoms with van der Waals surface area (Å²) in [5, 5.41) is 0.564. The topological polar surface area (TPSA) is 52.6 Å². The first-order valence-electron chi connectivity index (χ1n) is 6.64. The molecule has 0 bridgehead atoms. The predicted molar refractivity (Wildman–Crippen MR) is 92.9 cm³/mol. The van der Waals surface area contributed by atoms with Crippen molar-refractivity contribution in [1.29, 1.82) is 0 Å². The Morgan fingerprint density at radius 1 is 1.17 bits per heavy atom. The zero-order valence-electron chi connectivity index (χ0n) is 12.0. The number of halogens is 2. The van der Waals surface area contributed by atoms with Crippen molar-refractivity contribution in [1.82, 2.24) is 0 Å². The SMILES string of the molecule is COC(C1=Cc2cc(Br)ccc2OS1(=O)=O)c1ccc(Cl)cc1. The van der Waals surface area contributed by atoms with Crippen LogP contribution in [0, 0.1) is 0 Å². The maximum absolute atomic E-state index is 12.5. The van der Waals surface area contributed by atoms with Gasteiger partial charge in [0.15, 0.2) is 0 Å². The molecule has 1 unspecified atom stereocenters. The van der Waals surface area contributed by atoms with Gasteiger partial charge in [0.1, 0.15) is 16.8 Å². The van der Waals surface area contributed by atoms with Gasteiger partial charge in [0.05, 0.1) is 0 Å². The van der Waals surface area contributed by atoms with Crippen molar-refractivity contribution in [2.75, 3.05) is 7.11 Å². The lowest BCUT2D eigenvalue weighted by Crippen LogP contribution is -2.22. The maximum Gasteiger partial charge on any atom is 0.338 e. The number of benzene rings is 2. The lowest BCUT2D eigenvalue weighted by Gasteiger charge is -2.23. The van der Waals surface area contributed by atoms with Crippen LogP contribution >= 0.6 is 27.5 Å². The van der Waals surface area contributed by atoms with E-state index in [4.69, 9.17) is 20.5 Å². The van der Waals surface area contributed by atoms with Gasteiger partial charge in [-0.25, -0.2) is 0 Å². The van der Waals surface area contributed by atoms with Crippen LogP contribution in [0.4, 0.5) is 0 Å². The fourth-order valence-corrected chi connectivity index (χ4v) is 4.12. The highest BCUT2D eigenvalue weighted by atomic mass is 79.9. The van der Waals surface area contributed by atoms with Gasteiger partial charge in [0, 0.05) is 22.2 Å². The molecule has 0 N–H and O–H groups in total. The minimum absolute atomic E-state index is 0.0490. The molecule has 0 aliphatic carbocycles. The first kappa shape index (κ1) is 16.5. The van der Waals surface area contributed by atoms with Crippen LogP contribution < -0.4 is 4.18 Å². The molecule has 0 saturated carbocycles. The van der Waals surface area contributed by atoms with Crippen LogP contribution in [0.25, 0.3) is 6.08 Å². The van der Waals surface area contributed by atoms with E-state index >= 15 is 0 Å². The Morgan fingerprint density at radius 2 is 1.87 bits per heavy atom. The average Bonchev–Trinajstić information content (AvgIpc) is 2.50. The van der Waals surface area contributed by atoms with Crippen molar-refractivity contribution in [3.05, 3.63) is 68.0 Å². The van der Waals surface area contributed by atoms with Gasteiger partial charge < -0.3 is 8.92 Å². The van der Waals surface area contributed by atoms with Gasteiger partial charge in [0.2, 0.25) is 0 Å². The molecule has 3 rings (SSSR count). The lowest BCUT2D eigenvalue weighted by atomic mass is 10.1. The number of hydrogen-bond donors (Lipinski definition) is 0.